The van der Waals surface area contributed by atoms with Crippen molar-refractivity contribution >= 4 is 29.2 Å². The number of carboxylic acids is 1. The number of nitrogens with one attached hydrogen (secondary N) is 1. The van der Waals surface area contributed by atoms with Gasteiger partial charge in [0.05, 0.1) is 12.8 Å². The van der Waals surface area contributed by atoms with Gasteiger partial charge in [-0.2, -0.15) is 0 Å². The number of aliphatic carboxylic acids is 1. The largest absolute Gasteiger partial charge is 0.550 e. The van der Waals surface area contributed by atoms with Gasteiger partial charge in [-0.15, -0.1) is 0 Å². The van der Waals surface area contributed by atoms with E-state index < -0.39 is 12.0 Å². The minimum absolute atomic E-state index is 0.167. The van der Waals surface area contributed by atoms with Gasteiger partial charge in [-0.1, -0.05) is 29.8 Å². The second kappa shape index (κ2) is 8.14. The fourth-order valence-corrected chi connectivity index (χ4v) is 3.14. The molecule has 0 unspecified atom stereocenters. The molecule has 1 aliphatic rings. The number of carbonyl (C=O) groups is 2. The molecule has 2 aromatic rings. The Kier molecular flexibility index (Phi) is 5.66. The fourth-order valence-electron chi connectivity index (χ4n) is 2.89. The lowest BCUT2D eigenvalue weighted by Crippen LogP contribution is -2.40. The molecule has 0 saturated heterocycles. The summed E-state index contributed by atoms with van der Waals surface area (Å²) >= 11 is 6.32. The molecule has 0 aromatic heterocycles. The average molecular weight is 386 g/mol. The number of benzene rings is 2. The van der Waals surface area contributed by atoms with E-state index in [0.717, 1.165) is 22.6 Å². The van der Waals surface area contributed by atoms with Crippen molar-refractivity contribution in [3.8, 4) is 5.75 Å². The Hall–Kier alpha value is -2.99. The summed E-state index contributed by atoms with van der Waals surface area (Å²) in [6, 6.07) is 14.2. The fraction of sp³-hybridized carbons (Fsp3) is 0.200. The first kappa shape index (κ1) is 18.8. The topological polar surface area (TPSA) is 81.7 Å². The Morgan fingerprint density at radius 3 is 2.48 bits per heavy atom. The molecular weight excluding hydrogens is 368 g/mol. The van der Waals surface area contributed by atoms with Crippen LogP contribution in [0.2, 0.25) is 5.02 Å². The van der Waals surface area contributed by atoms with Crippen molar-refractivity contribution in [1.29, 1.82) is 0 Å². The number of hydrogen-bond donors (Lipinski definition) is 1. The molecule has 0 saturated carbocycles. The summed E-state index contributed by atoms with van der Waals surface area (Å²) in [5.74, 6) is -0.897. The molecule has 3 rings (SSSR count). The van der Waals surface area contributed by atoms with E-state index in [-0.39, 0.29) is 18.7 Å². The Bertz CT molecular complexity index is 880. The molecule has 140 valence electrons. The number of methoxy groups -OCH3 is 1. The first-order valence-electron chi connectivity index (χ1n) is 8.39. The number of halogens is 1. The number of hydrogen-bond acceptors (Lipinski definition) is 5. The van der Waals surface area contributed by atoms with Crippen LogP contribution in [0.25, 0.3) is 5.70 Å². The zero-order chi connectivity index (χ0) is 19.4. The molecule has 0 fully saturated rings. The van der Waals surface area contributed by atoms with Crippen molar-refractivity contribution in [2.75, 3.05) is 7.11 Å². The minimum atomic E-state index is -1.26. The van der Waals surface area contributed by atoms with Gasteiger partial charge in [-0.25, -0.2) is 5.01 Å². The number of ether oxygens (including phenoxy) is 1. The highest BCUT2D eigenvalue weighted by Gasteiger charge is 2.31. The zero-order valence-corrected chi connectivity index (χ0v) is 15.4. The quantitative estimate of drug-likeness (QED) is 0.825. The molecule has 1 heterocycles. The number of carboxylic acid groups (broad SMARTS) is 1. The molecule has 0 spiro atoms. The van der Waals surface area contributed by atoms with Crippen molar-refractivity contribution in [2.24, 2.45) is 0 Å². The molecule has 1 aliphatic heterocycles. The van der Waals surface area contributed by atoms with Gasteiger partial charge < -0.3 is 14.6 Å². The Morgan fingerprint density at radius 1 is 1.15 bits per heavy atom. The average Bonchev–Trinajstić information content (AvgIpc) is 3.11. The standard InChI is InChI=1S/C20H19ClN2O4/c1-27-14-8-6-13(7-9-14)17-12-18(15-4-2-3-5-16(15)21)23(22-17)19(24)10-11-20(25)26/h2-9,12,18,22H,10-11H2,1H3,(H,25,26)/p-1/t18-/m1/s1. The van der Waals surface area contributed by atoms with Crippen LogP contribution in [0, 0.1) is 0 Å². The summed E-state index contributed by atoms with van der Waals surface area (Å²) in [7, 11) is 1.59. The molecule has 0 bridgehead atoms. The molecule has 2 aromatic carbocycles. The first-order chi connectivity index (χ1) is 13.0. The Balaban J connectivity index is 1.92. The highest BCUT2D eigenvalue weighted by atomic mass is 35.5. The number of hydrazine groups is 1. The predicted molar refractivity (Wildman–Crippen MR) is 99.4 cm³/mol. The molecule has 6 nitrogen and oxygen atoms in total. The molecule has 1 N–H and O–H groups in total. The molecule has 0 radical (unpaired) electrons. The number of carbonyl (C=O) groups excluding carboxylic acids is 2. The van der Waals surface area contributed by atoms with Gasteiger partial charge >= 0.3 is 0 Å². The van der Waals surface area contributed by atoms with Crippen LogP contribution in [0.3, 0.4) is 0 Å². The predicted octanol–water partition coefficient (Wildman–Crippen LogP) is 2.31. The molecule has 7 heteroatoms. The van der Waals surface area contributed by atoms with Gasteiger partial charge in [-0.05, 0) is 54.0 Å². The van der Waals surface area contributed by atoms with E-state index >= 15 is 0 Å². The lowest BCUT2D eigenvalue weighted by Gasteiger charge is -2.26. The second-order valence-electron chi connectivity index (χ2n) is 6.02. The molecule has 1 amide bonds. The number of rotatable bonds is 6. The first-order valence-corrected chi connectivity index (χ1v) is 8.76. The van der Waals surface area contributed by atoms with E-state index in [1.165, 1.54) is 5.01 Å². The third-order valence-electron chi connectivity index (χ3n) is 4.28. The maximum Gasteiger partial charge on any atom is 0.242 e. The van der Waals surface area contributed by atoms with Gasteiger partial charge in [0.15, 0.2) is 0 Å². The lowest BCUT2D eigenvalue weighted by molar-refractivity contribution is -0.305. The van der Waals surface area contributed by atoms with Crippen LogP contribution in [0.5, 0.6) is 5.75 Å². The van der Waals surface area contributed by atoms with Crippen molar-refractivity contribution in [3.05, 3.63) is 70.8 Å². The van der Waals surface area contributed by atoms with Gasteiger partial charge in [0, 0.05) is 17.4 Å². The summed E-state index contributed by atoms with van der Waals surface area (Å²) in [6.07, 6.45) is 1.38. The van der Waals surface area contributed by atoms with Crippen molar-refractivity contribution in [1.82, 2.24) is 10.4 Å². The van der Waals surface area contributed by atoms with Crippen LogP contribution in [-0.2, 0) is 9.59 Å². The van der Waals surface area contributed by atoms with Gasteiger partial charge in [-0.3, -0.25) is 10.2 Å². The third kappa shape index (κ3) is 4.23. The van der Waals surface area contributed by atoms with E-state index in [2.05, 4.69) is 5.43 Å². The highest BCUT2D eigenvalue weighted by Crippen LogP contribution is 2.35. The van der Waals surface area contributed by atoms with Crippen LogP contribution in [0.1, 0.15) is 30.0 Å². The van der Waals surface area contributed by atoms with Crippen molar-refractivity contribution < 1.29 is 19.4 Å². The van der Waals surface area contributed by atoms with Crippen LogP contribution in [0.15, 0.2) is 54.6 Å². The van der Waals surface area contributed by atoms with Gasteiger partial charge in [0.1, 0.15) is 11.8 Å². The number of amides is 1. The SMILES string of the molecule is COc1ccc(C2=C[C@H](c3ccccc3Cl)N(C(=O)CCC(=O)[O-])N2)cc1. The maximum absolute atomic E-state index is 12.6. The summed E-state index contributed by atoms with van der Waals surface area (Å²) < 4.78 is 5.17. The normalized spacial score (nSPS) is 15.9. The summed E-state index contributed by atoms with van der Waals surface area (Å²) in [5, 5.41) is 12.7. The number of nitrogens with zero attached hydrogens (tertiary/aromatic N) is 1. The van der Waals surface area contributed by atoms with E-state index in [9.17, 15) is 14.7 Å². The van der Waals surface area contributed by atoms with Gasteiger partial charge in [0.2, 0.25) is 5.91 Å². The van der Waals surface area contributed by atoms with Crippen molar-refractivity contribution in [2.45, 2.75) is 18.9 Å². The molecule has 27 heavy (non-hydrogen) atoms. The Labute approximate surface area is 162 Å². The smallest absolute Gasteiger partial charge is 0.242 e. The van der Waals surface area contributed by atoms with Crippen LogP contribution < -0.4 is 15.3 Å². The summed E-state index contributed by atoms with van der Waals surface area (Å²) in [6.45, 7) is 0. The van der Waals surface area contributed by atoms with E-state index in [0.29, 0.717) is 5.02 Å². The second-order valence-corrected chi connectivity index (χ2v) is 6.43. The minimum Gasteiger partial charge on any atom is -0.550 e. The third-order valence-corrected chi connectivity index (χ3v) is 4.62. The highest BCUT2D eigenvalue weighted by molar-refractivity contribution is 6.31. The van der Waals surface area contributed by atoms with E-state index in [4.69, 9.17) is 16.3 Å². The maximum atomic E-state index is 12.6. The van der Waals surface area contributed by atoms with Crippen LogP contribution in [0.4, 0.5) is 0 Å². The van der Waals surface area contributed by atoms with Crippen LogP contribution in [-0.4, -0.2) is 24.0 Å². The lowest BCUT2D eigenvalue weighted by atomic mass is 10.0. The molecular formula is C20H18ClN2O4-. The van der Waals surface area contributed by atoms with E-state index in [1.54, 1.807) is 13.2 Å². The summed E-state index contributed by atoms with van der Waals surface area (Å²) in [5.41, 5.74) is 5.41. The monoisotopic (exact) mass is 385 g/mol. The Morgan fingerprint density at radius 2 is 1.85 bits per heavy atom. The molecule has 0 aliphatic carbocycles. The summed E-state index contributed by atoms with van der Waals surface area (Å²) in [4.78, 5) is 23.3. The van der Waals surface area contributed by atoms with E-state index in [1.807, 2.05) is 48.5 Å². The van der Waals surface area contributed by atoms with Gasteiger partial charge in [0.25, 0.3) is 0 Å². The van der Waals surface area contributed by atoms with Crippen molar-refractivity contribution in [3.63, 3.8) is 0 Å². The van der Waals surface area contributed by atoms with Crippen LogP contribution >= 0.6 is 11.6 Å². The zero-order valence-electron chi connectivity index (χ0n) is 14.6. The molecule has 1 atom stereocenters.